The Hall–Kier alpha value is -4.05. The zero-order valence-electron chi connectivity index (χ0n) is 17.5. The van der Waals surface area contributed by atoms with Crippen molar-refractivity contribution in [1.82, 2.24) is 15.0 Å². The summed E-state index contributed by atoms with van der Waals surface area (Å²) in [6.45, 7) is -0.0531. The van der Waals surface area contributed by atoms with Crippen molar-refractivity contribution in [3.8, 4) is 11.1 Å². The Labute approximate surface area is 193 Å². The molecule has 0 radical (unpaired) electrons. The van der Waals surface area contributed by atoms with Crippen LogP contribution in [0.15, 0.2) is 65.5 Å². The number of thiophene rings is 1. The topological polar surface area (TPSA) is 115 Å². The lowest BCUT2D eigenvalue weighted by atomic mass is 10.1. The number of benzene rings is 2. The second-order valence-electron chi connectivity index (χ2n) is 7.32. The minimum Gasteiger partial charge on any atom is -0.397 e. The number of nitrogen functional groups attached to an aromatic ring is 1. The largest absolute Gasteiger partial charge is 0.397 e. The number of hydrogen-bond donors (Lipinski definition) is 3. The smallest absolute Gasteiger partial charge is 0.246 e. The molecule has 0 atom stereocenters. The first-order valence-electron chi connectivity index (χ1n) is 10.1. The molecule has 0 saturated heterocycles. The van der Waals surface area contributed by atoms with E-state index in [0.717, 1.165) is 11.1 Å². The number of nitrogens with two attached hydrogens (primary N) is 1. The van der Waals surface area contributed by atoms with Crippen LogP contribution in [0.25, 0.3) is 11.1 Å². The van der Waals surface area contributed by atoms with Crippen LogP contribution >= 0.6 is 11.3 Å². The number of carbonyl (C=O) groups excluding carboxylic acids is 2. The van der Waals surface area contributed by atoms with E-state index >= 15 is 0 Å². The Bertz CT molecular complexity index is 1250. The van der Waals surface area contributed by atoms with Crippen LogP contribution in [-0.2, 0) is 22.6 Å². The fraction of sp³-hybridized carbons (Fsp3) is 0.130. The van der Waals surface area contributed by atoms with Gasteiger partial charge in [-0.05, 0) is 64.4 Å². The molecule has 0 unspecified atom stereocenters. The van der Waals surface area contributed by atoms with E-state index in [1.54, 1.807) is 23.6 Å². The molecule has 0 spiro atoms. The van der Waals surface area contributed by atoms with Gasteiger partial charge in [-0.15, -0.1) is 5.10 Å². The van der Waals surface area contributed by atoms with Gasteiger partial charge in [0.1, 0.15) is 12.4 Å². The molecule has 4 N–H and O–H groups in total. The predicted molar refractivity (Wildman–Crippen MR) is 126 cm³/mol. The number of anilines is 3. The molecule has 2 aromatic carbocycles. The van der Waals surface area contributed by atoms with Crippen molar-refractivity contribution >= 4 is 40.2 Å². The number of rotatable bonds is 8. The summed E-state index contributed by atoms with van der Waals surface area (Å²) in [7, 11) is 0. The summed E-state index contributed by atoms with van der Waals surface area (Å²) in [5, 5.41) is 17.5. The van der Waals surface area contributed by atoms with Gasteiger partial charge in [-0.3, -0.25) is 9.59 Å². The lowest BCUT2D eigenvalue weighted by Crippen LogP contribution is -2.19. The lowest BCUT2D eigenvalue weighted by molar-refractivity contribution is -0.117. The first kappa shape index (κ1) is 22.2. The van der Waals surface area contributed by atoms with Crippen molar-refractivity contribution in [3.63, 3.8) is 0 Å². The number of aromatic nitrogens is 3. The third-order valence-electron chi connectivity index (χ3n) is 4.81. The fourth-order valence-corrected chi connectivity index (χ4v) is 3.80. The molecule has 0 aliphatic heterocycles. The fourth-order valence-electron chi connectivity index (χ4n) is 3.14. The van der Waals surface area contributed by atoms with Crippen LogP contribution in [0.5, 0.6) is 0 Å². The van der Waals surface area contributed by atoms with Crippen molar-refractivity contribution < 1.29 is 14.0 Å². The van der Waals surface area contributed by atoms with E-state index < -0.39 is 0 Å². The number of nitrogens with zero attached hydrogens (tertiary/aromatic N) is 3. The number of carbonyl (C=O) groups is 2. The van der Waals surface area contributed by atoms with E-state index in [-0.39, 0.29) is 30.6 Å². The number of nitrogens with one attached hydrogen (secondary N) is 2. The van der Waals surface area contributed by atoms with Crippen LogP contribution in [-0.4, -0.2) is 26.8 Å². The minimum atomic E-state index is -0.379. The number of hydrogen-bond acceptors (Lipinski definition) is 6. The van der Waals surface area contributed by atoms with E-state index in [2.05, 4.69) is 20.9 Å². The molecule has 0 fully saturated rings. The molecule has 2 aromatic heterocycles. The number of amides is 2. The third kappa shape index (κ3) is 6.01. The molecule has 0 saturated carbocycles. The molecule has 168 valence electrons. The Balaban J connectivity index is 1.28. The number of halogens is 1. The Kier molecular flexibility index (Phi) is 6.75. The van der Waals surface area contributed by atoms with Gasteiger partial charge in [0.15, 0.2) is 0 Å². The second-order valence-corrected chi connectivity index (χ2v) is 8.10. The highest BCUT2D eigenvalue weighted by Gasteiger charge is 2.11. The van der Waals surface area contributed by atoms with Gasteiger partial charge in [-0.2, -0.15) is 11.3 Å². The summed E-state index contributed by atoms with van der Waals surface area (Å²) in [5.41, 5.74) is 10.2. The maximum Gasteiger partial charge on any atom is 0.246 e. The van der Waals surface area contributed by atoms with Crippen molar-refractivity contribution in [1.29, 1.82) is 0 Å². The van der Waals surface area contributed by atoms with Gasteiger partial charge < -0.3 is 16.4 Å². The van der Waals surface area contributed by atoms with E-state index in [1.165, 1.54) is 28.9 Å². The molecule has 0 aliphatic rings. The standard InChI is InChI=1S/C23H21FN6O2S/c24-17-2-4-18(5-3-17)26-23(32)13-30-12-19(28-29-30)6-8-22(31)27-21-11-15(1-7-20(21)25)16-9-10-33-14-16/h1-5,7,9-12,14H,6,8,13,25H2,(H,26,32)(H,27,31). The van der Waals surface area contributed by atoms with Crippen LogP contribution < -0.4 is 16.4 Å². The predicted octanol–water partition coefficient (Wildman–Crippen LogP) is 3.94. The van der Waals surface area contributed by atoms with Gasteiger partial charge in [-0.25, -0.2) is 9.07 Å². The highest BCUT2D eigenvalue weighted by Crippen LogP contribution is 2.28. The van der Waals surface area contributed by atoms with Crippen LogP contribution in [0.2, 0.25) is 0 Å². The van der Waals surface area contributed by atoms with Crippen LogP contribution in [0.1, 0.15) is 12.1 Å². The van der Waals surface area contributed by atoms with Gasteiger partial charge in [0.25, 0.3) is 0 Å². The molecule has 4 aromatic rings. The van der Waals surface area contributed by atoms with Gasteiger partial charge in [0, 0.05) is 24.7 Å². The van der Waals surface area contributed by atoms with E-state index in [9.17, 15) is 14.0 Å². The highest BCUT2D eigenvalue weighted by molar-refractivity contribution is 7.08. The molecule has 2 amide bonds. The molecule has 10 heteroatoms. The zero-order valence-corrected chi connectivity index (χ0v) is 18.3. The van der Waals surface area contributed by atoms with Crippen molar-refractivity contribution in [3.05, 3.63) is 77.0 Å². The van der Waals surface area contributed by atoms with Gasteiger partial charge in [-0.1, -0.05) is 11.3 Å². The van der Waals surface area contributed by atoms with Crippen molar-refractivity contribution in [2.24, 2.45) is 0 Å². The van der Waals surface area contributed by atoms with Gasteiger partial charge in [0.05, 0.1) is 17.1 Å². The molecule has 0 aliphatic carbocycles. The molecule has 8 nitrogen and oxygen atoms in total. The number of aryl methyl sites for hydroxylation is 1. The molecular formula is C23H21FN6O2S. The molecule has 2 heterocycles. The van der Waals surface area contributed by atoms with E-state index in [0.29, 0.717) is 29.2 Å². The Morgan fingerprint density at radius 2 is 1.85 bits per heavy atom. The maximum absolute atomic E-state index is 13.0. The lowest BCUT2D eigenvalue weighted by Gasteiger charge is -2.10. The van der Waals surface area contributed by atoms with Crippen molar-refractivity contribution in [2.45, 2.75) is 19.4 Å². The summed E-state index contributed by atoms with van der Waals surface area (Å²) in [4.78, 5) is 24.6. The second kappa shape index (κ2) is 10.0. The highest BCUT2D eigenvalue weighted by atomic mass is 32.1. The minimum absolute atomic E-state index is 0.0531. The van der Waals surface area contributed by atoms with Crippen LogP contribution in [0.4, 0.5) is 21.5 Å². The zero-order chi connectivity index (χ0) is 23.2. The monoisotopic (exact) mass is 464 g/mol. The molecule has 0 bridgehead atoms. The average Bonchev–Trinajstić information content (AvgIpc) is 3.48. The summed E-state index contributed by atoms with van der Waals surface area (Å²) < 4.78 is 14.3. The van der Waals surface area contributed by atoms with E-state index in [1.807, 2.05) is 29.0 Å². The summed E-state index contributed by atoms with van der Waals surface area (Å²) in [5.74, 6) is -0.902. The summed E-state index contributed by atoms with van der Waals surface area (Å²) in [6, 6.07) is 13.0. The Morgan fingerprint density at radius 1 is 1.03 bits per heavy atom. The molecule has 4 rings (SSSR count). The van der Waals surface area contributed by atoms with Crippen molar-refractivity contribution in [2.75, 3.05) is 16.4 Å². The third-order valence-corrected chi connectivity index (χ3v) is 5.49. The quantitative estimate of drug-likeness (QED) is 0.342. The van der Waals surface area contributed by atoms with Crippen LogP contribution in [0.3, 0.4) is 0 Å². The normalized spacial score (nSPS) is 10.7. The van der Waals surface area contributed by atoms with Crippen LogP contribution in [0, 0.1) is 5.82 Å². The average molecular weight is 465 g/mol. The SMILES string of the molecule is Nc1ccc(-c2ccsc2)cc1NC(=O)CCc1cn(CC(=O)Nc2ccc(F)cc2)nn1. The molecular weight excluding hydrogens is 443 g/mol. The first-order chi connectivity index (χ1) is 16.0. The molecule has 33 heavy (non-hydrogen) atoms. The summed E-state index contributed by atoms with van der Waals surface area (Å²) >= 11 is 1.60. The van der Waals surface area contributed by atoms with E-state index in [4.69, 9.17) is 5.73 Å². The first-order valence-corrected chi connectivity index (χ1v) is 11.1. The maximum atomic E-state index is 13.0. The van der Waals surface area contributed by atoms with Gasteiger partial charge >= 0.3 is 0 Å². The van der Waals surface area contributed by atoms with Gasteiger partial charge in [0.2, 0.25) is 11.8 Å². The Morgan fingerprint density at radius 3 is 2.61 bits per heavy atom. The summed E-state index contributed by atoms with van der Waals surface area (Å²) in [6.07, 6.45) is 2.15.